The molecular formula is C24H19F2N5O2S. The van der Waals surface area contributed by atoms with Crippen LogP contribution < -0.4 is 10.6 Å². The van der Waals surface area contributed by atoms with E-state index in [2.05, 4.69) is 20.8 Å². The van der Waals surface area contributed by atoms with E-state index in [1.807, 2.05) is 0 Å². The number of halogens is 2. The molecule has 34 heavy (non-hydrogen) atoms. The minimum Gasteiger partial charge on any atom is -0.355 e. The summed E-state index contributed by atoms with van der Waals surface area (Å²) < 4.78 is 29.5. The van der Waals surface area contributed by atoms with Gasteiger partial charge in [-0.25, -0.2) is 8.78 Å². The van der Waals surface area contributed by atoms with Crippen molar-refractivity contribution in [3.8, 4) is 17.1 Å². The Balaban J connectivity index is 1.55. The van der Waals surface area contributed by atoms with Crippen LogP contribution in [0.3, 0.4) is 0 Å². The maximum Gasteiger partial charge on any atom is 0.251 e. The second kappa shape index (κ2) is 10.3. The van der Waals surface area contributed by atoms with Crippen LogP contribution in [-0.2, 0) is 4.79 Å². The van der Waals surface area contributed by atoms with Crippen molar-refractivity contribution in [3.05, 3.63) is 90.0 Å². The van der Waals surface area contributed by atoms with Gasteiger partial charge in [-0.2, -0.15) is 0 Å². The molecule has 1 aromatic heterocycles. The van der Waals surface area contributed by atoms with E-state index < -0.39 is 11.6 Å². The molecule has 2 amide bonds. The zero-order valence-corrected chi connectivity index (χ0v) is 18.8. The van der Waals surface area contributed by atoms with Gasteiger partial charge in [0.2, 0.25) is 5.91 Å². The molecule has 10 heteroatoms. The fourth-order valence-corrected chi connectivity index (χ4v) is 3.93. The Kier molecular flexibility index (Phi) is 6.98. The van der Waals surface area contributed by atoms with Crippen molar-refractivity contribution in [1.29, 1.82) is 0 Å². The Morgan fingerprint density at radius 2 is 1.65 bits per heavy atom. The van der Waals surface area contributed by atoms with E-state index in [1.54, 1.807) is 47.0 Å². The van der Waals surface area contributed by atoms with Crippen molar-refractivity contribution in [3.63, 3.8) is 0 Å². The summed E-state index contributed by atoms with van der Waals surface area (Å²) in [6.07, 6.45) is 0. The fraction of sp³-hybridized carbons (Fsp3) is 0.0833. The molecule has 1 heterocycles. The lowest BCUT2D eigenvalue weighted by molar-refractivity contribution is -0.113. The summed E-state index contributed by atoms with van der Waals surface area (Å²) >= 11 is 1.10. The van der Waals surface area contributed by atoms with Crippen LogP contribution in [0, 0.1) is 11.6 Å². The van der Waals surface area contributed by atoms with Crippen molar-refractivity contribution < 1.29 is 18.4 Å². The Bertz CT molecular complexity index is 1320. The van der Waals surface area contributed by atoms with Crippen LogP contribution in [0.2, 0.25) is 0 Å². The molecule has 0 saturated carbocycles. The van der Waals surface area contributed by atoms with Crippen molar-refractivity contribution in [1.82, 2.24) is 20.1 Å². The van der Waals surface area contributed by atoms with Gasteiger partial charge in [-0.05, 0) is 60.7 Å². The number of hydrogen-bond acceptors (Lipinski definition) is 5. The zero-order chi connectivity index (χ0) is 24.1. The second-order valence-corrected chi connectivity index (χ2v) is 8.03. The highest BCUT2D eigenvalue weighted by molar-refractivity contribution is 7.99. The number of hydrogen-bond donors (Lipinski definition) is 2. The molecule has 0 aliphatic carbocycles. The number of anilines is 1. The van der Waals surface area contributed by atoms with E-state index in [9.17, 15) is 18.4 Å². The van der Waals surface area contributed by atoms with Crippen molar-refractivity contribution >= 4 is 29.3 Å². The first-order valence-electron chi connectivity index (χ1n) is 10.2. The lowest BCUT2D eigenvalue weighted by Gasteiger charge is -2.11. The average Bonchev–Trinajstić information content (AvgIpc) is 3.27. The Morgan fingerprint density at radius 1 is 0.941 bits per heavy atom. The molecule has 3 aromatic carbocycles. The summed E-state index contributed by atoms with van der Waals surface area (Å²) in [5.41, 5.74) is 1.76. The molecule has 0 unspecified atom stereocenters. The van der Waals surface area contributed by atoms with Crippen LogP contribution in [0.1, 0.15) is 10.4 Å². The second-order valence-electron chi connectivity index (χ2n) is 7.09. The summed E-state index contributed by atoms with van der Waals surface area (Å²) in [6.45, 7) is 0. The molecule has 0 bridgehead atoms. The molecule has 2 N–H and O–H groups in total. The molecule has 0 aliphatic rings. The van der Waals surface area contributed by atoms with Gasteiger partial charge in [0.15, 0.2) is 11.0 Å². The average molecular weight is 480 g/mol. The quantitative estimate of drug-likeness (QED) is 0.386. The third kappa shape index (κ3) is 5.12. The number of aromatic nitrogens is 3. The van der Waals surface area contributed by atoms with Crippen LogP contribution in [0.5, 0.6) is 0 Å². The molecule has 172 valence electrons. The molecule has 0 saturated heterocycles. The normalized spacial score (nSPS) is 10.7. The van der Waals surface area contributed by atoms with Gasteiger partial charge in [0, 0.05) is 24.0 Å². The van der Waals surface area contributed by atoms with E-state index in [4.69, 9.17) is 0 Å². The van der Waals surface area contributed by atoms with Crippen LogP contribution >= 0.6 is 11.8 Å². The summed E-state index contributed by atoms with van der Waals surface area (Å²) in [6, 6.07) is 18.2. The topological polar surface area (TPSA) is 88.9 Å². The predicted molar refractivity (Wildman–Crippen MR) is 126 cm³/mol. The number of thioether (sulfide) groups is 1. The minimum absolute atomic E-state index is 0.00615. The van der Waals surface area contributed by atoms with Crippen LogP contribution in [0.4, 0.5) is 14.5 Å². The van der Waals surface area contributed by atoms with E-state index in [-0.39, 0.29) is 29.0 Å². The molecular weight excluding hydrogens is 460 g/mol. The zero-order valence-electron chi connectivity index (χ0n) is 18.0. The lowest BCUT2D eigenvalue weighted by Crippen LogP contribution is -2.18. The summed E-state index contributed by atoms with van der Waals surface area (Å²) in [5.74, 6) is -1.20. The van der Waals surface area contributed by atoms with Gasteiger partial charge in [-0.1, -0.05) is 23.9 Å². The number of amides is 2. The number of carbonyl (C=O) groups excluding carboxylic acids is 2. The Morgan fingerprint density at radius 3 is 2.32 bits per heavy atom. The van der Waals surface area contributed by atoms with Gasteiger partial charge in [-0.3, -0.25) is 14.2 Å². The molecule has 0 fully saturated rings. The van der Waals surface area contributed by atoms with Gasteiger partial charge < -0.3 is 10.6 Å². The molecule has 4 rings (SSSR count). The van der Waals surface area contributed by atoms with Crippen molar-refractivity contribution in [2.24, 2.45) is 0 Å². The molecule has 0 spiro atoms. The first-order valence-corrected chi connectivity index (χ1v) is 11.2. The van der Waals surface area contributed by atoms with Gasteiger partial charge in [0.05, 0.1) is 11.3 Å². The molecule has 0 radical (unpaired) electrons. The number of rotatable bonds is 7. The van der Waals surface area contributed by atoms with E-state index in [0.29, 0.717) is 22.1 Å². The van der Waals surface area contributed by atoms with Gasteiger partial charge in [0.1, 0.15) is 11.6 Å². The number of nitrogens with one attached hydrogen (secondary N) is 2. The van der Waals surface area contributed by atoms with E-state index in [1.165, 1.54) is 37.4 Å². The summed E-state index contributed by atoms with van der Waals surface area (Å²) in [4.78, 5) is 24.1. The maximum absolute atomic E-state index is 14.5. The van der Waals surface area contributed by atoms with Crippen molar-refractivity contribution in [2.45, 2.75) is 5.16 Å². The minimum atomic E-state index is -0.479. The fourth-order valence-electron chi connectivity index (χ4n) is 3.18. The summed E-state index contributed by atoms with van der Waals surface area (Å²) in [5, 5.41) is 13.9. The monoisotopic (exact) mass is 479 g/mol. The van der Waals surface area contributed by atoms with Crippen LogP contribution in [0.25, 0.3) is 17.1 Å². The van der Waals surface area contributed by atoms with Gasteiger partial charge in [0.25, 0.3) is 5.91 Å². The Labute approximate surface area is 198 Å². The lowest BCUT2D eigenvalue weighted by atomic mass is 10.2. The summed E-state index contributed by atoms with van der Waals surface area (Å²) in [7, 11) is 1.54. The smallest absolute Gasteiger partial charge is 0.251 e. The van der Waals surface area contributed by atoms with Crippen LogP contribution in [0.15, 0.2) is 78.0 Å². The standard InChI is InChI=1S/C24H19F2N5O2S/c1-27-23(33)15-6-10-17(11-7-15)28-21(32)14-34-24-30-29-22(19-4-2-3-5-20(19)26)31(24)18-12-8-16(25)9-13-18/h2-13H,14H2,1H3,(H,27,33)(H,28,32). The highest BCUT2D eigenvalue weighted by atomic mass is 32.2. The van der Waals surface area contributed by atoms with E-state index in [0.717, 1.165) is 11.8 Å². The predicted octanol–water partition coefficient (Wildman–Crippen LogP) is 4.30. The first kappa shape index (κ1) is 23.1. The molecule has 0 aliphatic heterocycles. The highest BCUT2D eigenvalue weighted by Gasteiger charge is 2.19. The molecule has 0 atom stereocenters. The number of benzene rings is 3. The highest BCUT2D eigenvalue weighted by Crippen LogP contribution is 2.29. The number of nitrogens with zero attached hydrogens (tertiary/aromatic N) is 3. The largest absolute Gasteiger partial charge is 0.355 e. The first-order chi connectivity index (χ1) is 16.5. The van der Waals surface area contributed by atoms with Crippen molar-refractivity contribution in [2.75, 3.05) is 18.1 Å². The SMILES string of the molecule is CNC(=O)c1ccc(NC(=O)CSc2nnc(-c3ccccc3F)n2-c2ccc(F)cc2)cc1. The van der Waals surface area contributed by atoms with Gasteiger partial charge in [-0.15, -0.1) is 10.2 Å². The molecule has 7 nitrogen and oxygen atoms in total. The Hall–Kier alpha value is -4.05. The molecule has 4 aromatic rings. The third-order valence-corrected chi connectivity index (χ3v) is 5.75. The maximum atomic E-state index is 14.5. The van der Waals surface area contributed by atoms with Gasteiger partial charge >= 0.3 is 0 Å². The van der Waals surface area contributed by atoms with Crippen LogP contribution in [-0.4, -0.2) is 39.4 Å². The number of carbonyl (C=O) groups is 2. The third-order valence-electron chi connectivity index (χ3n) is 4.82. The van der Waals surface area contributed by atoms with E-state index >= 15 is 0 Å².